The summed E-state index contributed by atoms with van der Waals surface area (Å²) in [6.07, 6.45) is 5.71. The first kappa shape index (κ1) is 11.5. The van der Waals surface area contributed by atoms with Gasteiger partial charge in [0.25, 0.3) is 0 Å². The average molecular weight is 198 g/mol. The lowest BCUT2D eigenvalue weighted by Crippen LogP contribution is -2.18. The summed E-state index contributed by atoms with van der Waals surface area (Å²) in [6.45, 7) is 12.1. The quantitative estimate of drug-likeness (QED) is 0.634. The van der Waals surface area contributed by atoms with Crippen molar-refractivity contribution < 1.29 is 0 Å². The van der Waals surface area contributed by atoms with Gasteiger partial charge >= 0.3 is 0 Å². The minimum atomic E-state index is -0.0270. The van der Waals surface area contributed by atoms with Crippen LogP contribution in [0.4, 0.5) is 0 Å². The first-order chi connectivity index (χ1) is 7.09. The van der Waals surface area contributed by atoms with E-state index in [-0.39, 0.29) is 5.41 Å². The summed E-state index contributed by atoms with van der Waals surface area (Å²) in [4.78, 5) is 0. The van der Waals surface area contributed by atoms with E-state index in [9.17, 15) is 0 Å². The molecule has 0 heteroatoms. The van der Waals surface area contributed by atoms with Crippen LogP contribution in [0.25, 0.3) is 0 Å². The molecule has 0 saturated carbocycles. The van der Waals surface area contributed by atoms with E-state index in [4.69, 9.17) is 0 Å². The Morgan fingerprint density at radius 3 is 2.33 bits per heavy atom. The largest absolute Gasteiger partial charge is 0.0991 e. The van der Waals surface area contributed by atoms with Gasteiger partial charge < -0.3 is 0 Å². The highest BCUT2D eigenvalue weighted by atomic mass is 14.2. The number of rotatable bonds is 4. The molecule has 0 bridgehead atoms. The van der Waals surface area contributed by atoms with Crippen LogP contribution in [0.2, 0.25) is 0 Å². The molecule has 0 aliphatic carbocycles. The van der Waals surface area contributed by atoms with Crippen LogP contribution in [-0.4, -0.2) is 0 Å². The van der Waals surface area contributed by atoms with Gasteiger partial charge in [-0.05, 0) is 11.1 Å². The van der Waals surface area contributed by atoms with Gasteiger partial charge in [0.15, 0.2) is 0 Å². The molecule has 0 saturated heterocycles. The van der Waals surface area contributed by atoms with Crippen LogP contribution < -0.4 is 0 Å². The molecule has 1 aromatic carbocycles. The average Bonchev–Trinajstić information content (AvgIpc) is 2.27. The van der Waals surface area contributed by atoms with Crippen LogP contribution in [-0.2, 0) is 5.41 Å². The minimum absolute atomic E-state index is 0.0270. The van der Waals surface area contributed by atoms with Crippen molar-refractivity contribution in [3.63, 3.8) is 0 Å². The second kappa shape index (κ2) is 4.79. The van der Waals surface area contributed by atoms with Crippen molar-refractivity contribution in [3.8, 4) is 0 Å². The number of allylic oxidation sites excluding steroid dienone is 4. The van der Waals surface area contributed by atoms with Gasteiger partial charge in [-0.1, -0.05) is 75.6 Å². The SMILES string of the molecule is C=C/C=C\C(=C)C(C)(C)c1ccccc1. The maximum absolute atomic E-state index is 4.11. The van der Waals surface area contributed by atoms with E-state index in [0.717, 1.165) is 5.57 Å². The molecule has 0 nitrogen and oxygen atoms in total. The summed E-state index contributed by atoms with van der Waals surface area (Å²) in [5, 5.41) is 0. The van der Waals surface area contributed by atoms with Crippen molar-refractivity contribution in [1.82, 2.24) is 0 Å². The van der Waals surface area contributed by atoms with E-state index >= 15 is 0 Å². The van der Waals surface area contributed by atoms with Gasteiger partial charge in [0.2, 0.25) is 0 Å². The molecule has 0 fully saturated rings. The lowest BCUT2D eigenvalue weighted by Gasteiger charge is -2.26. The maximum Gasteiger partial charge on any atom is 0.0140 e. The first-order valence-electron chi connectivity index (χ1n) is 5.13. The number of hydrogen-bond donors (Lipinski definition) is 0. The predicted octanol–water partition coefficient (Wildman–Crippen LogP) is 4.26. The van der Waals surface area contributed by atoms with Gasteiger partial charge in [0.1, 0.15) is 0 Å². The zero-order chi connectivity index (χ0) is 11.3. The fourth-order valence-corrected chi connectivity index (χ4v) is 1.43. The highest BCUT2D eigenvalue weighted by molar-refractivity contribution is 5.38. The molecule has 0 unspecified atom stereocenters. The van der Waals surface area contributed by atoms with Gasteiger partial charge in [-0.25, -0.2) is 0 Å². The van der Waals surface area contributed by atoms with Crippen LogP contribution in [0.5, 0.6) is 0 Å². The molecule has 0 aliphatic rings. The van der Waals surface area contributed by atoms with Crippen molar-refractivity contribution in [3.05, 3.63) is 72.9 Å². The zero-order valence-electron chi connectivity index (χ0n) is 9.53. The van der Waals surface area contributed by atoms with E-state index in [1.54, 1.807) is 6.08 Å². The van der Waals surface area contributed by atoms with Gasteiger partial charge in [0, 0.05) is 5.41 Å². The third-order valence-corrected chi connectivity index (χ3v) is 2.73. The predicted molar refractivity (Wildman–Crippen MR) is 67.9 cm³/mol. The molecule has 0 atom stereocenters. The Bertz CT molecular complexity index is 366. The van der Waals surface area contributed by atoms with Crippen molar-refractivity contribution in [2.75, 3.05) is 0 Å². The van der Waals surface area contributed by atoms with Gasteiger partial charge in [0.05, 0.1) is 0 Å². The Labute approximate surface area is 92.6 Å². The Morgan fingerprint density at radius 2 is 1.80 bits per heavy atom. The second-order valence-corrected chi connectivity index (χ2v) is 4.11. The van der Waals surface area contributed by atoms with Crippen LogP contribution in [0, 0.1) is 0 Å². The van der Waals surface area contributed by atoms with Crippen molar-refractivity contribution in [1.29, 1.82) is 0 Å². The fraction of sp³-hybridized carbons (Fsp3) is 0.200. The summed E-state index contributed by atoms with van der Waals surface area (Å²) in [5.41, 5.74) is 2.35. The van der Waals surface area contributed by atoms with Crippen molar-refractivity contribution in [2.45, 2.75) is 19.3 Å². The molecule has 78 valence electrons. The Balaban J connectivity index is 2.97. The van der Waals surface area contributed by atoms with Crippen LogP contribution in [0.3, 0.4) is 0 Å². The minimum Gasteiger partial charge on any atom is -0.0991 e. The summed E-state index contributed by atoms with van der Waals surface area (Å²) < 4.78 is 0. The molecule has 0 heterocycles. The highest BCUT2D eigenvalue weighted by Gasteiger charge is 2.21. The third-order valence-electron chi connectivity index (χ3n) is 2.73. The molecule has 1 rings (SSSR count). The topological polar surface area (TPSA) is 0 Å². The normalized spacial score (nSPS) is 11.6. The Morgan fingerprint density at radius 1 is 1.20 bits per heavy atom. The van der Waals surface area contributed by atoms with E-state index in [0.29, 0.717) is 0 Å². The first-order valence-corrected chi connectivity index (χ1v) is 5.13. The van der Waals surface area contributed by atoms with Gasteiger partial charge in [-0.3, -0.25) is 0 Å². The number of benzene rings is 1. The van der Waals surface area contributed by atoms with Gasteiger partial charge in [-0.15, -0.1) is 0 Å². The molecule has 0 aromatic heterocycles. The molecule has 0 amide bonds. The molecule has 1 aromatic rings. The monoisotopic (exact) mass is 198 g/mol. The third kappa shape index (κ3) is 2.69. The second-order valence-electron chi connectivity index (χ2n) is 4.11. The molecule has 0 spiro atoms. The molecule has 0 N–H and O–H groups in total. The van der Waals surface area contributed by atoms with Gasteiger partial charge in [-0.2, -0.15) is 0 Å². The summed E-state index contributed by atoms with van der Waals surface area (Å²) >= 11 is 0. The summed E-state index contributed by atoms with van der Waals surface area (Å²) in [5.74, 6) is 0. The van der Waals surface area contributed by atoms with E-state index < -0.39 is 0 Å². The van der Waals surface area contributed by atoms with Crippen LogP contribution in [0.15, 0.2) is 67.3 Å². The molecule has 15 heavy (non-hydrogen) atoms. The summed E-state index contributed by atoms with van der Waals surface area (Å²) in [6, 6.07) is 10.4. The smallest absolute Gasteiger partial charge is 0.0140 e. The van der Waals surface area contributed by atoms with Crippen LogP contribution >= 0.6 is 0 Å². The molecule has 0 aliphatic heterocycles. The van der Waals surface area contributed by atoms with E-state index in [1.165, 1.54) is 5.56 Å². The molecular formula is C15H18. The maximum atomic E-state index is 4.11. The van der Waals surface area contributed by atoms with E-state index in [1.807, 2.05) is 18.2 Å². The Hall–Kier alpha value is -1.56. The molecular weight excluding hydrogens is 180 g/mol. The van der Waals surface area contributed by atoms with Crippen molar-refractivity contribution >= 4 is 0 Å². The zero-order valence-corrected chi connectivity index (χ0v) is 9.53. The van der Waals surface area contributed by atoms with E-state index in [2.05, 4.69) is 51.3 Å². The standard InChI is InChI=1S/C15H18/c1-5-6-10-13(2)15(3,4)14-11-8-7-9-12-14/h5-12H,1-2H2,3-4H3/b10-6-. The summed E-state index contributed by atoms with van der Waals surface area (Å²) in [7, 11) is 0. The number of hydrogen-bond acceptors (Lipinski definition) is 0. The fourth-order valence-electron chi connectivity index (χ4n) is 1.43. The van der Waals surface area contributed by atoms with Crippen molar-refractivity contribution in [2.24, 2.45) is 0 Å². The molecule has 0 radical (unpaired) electrons. The lowest BCUT2D eigenvalue weighted by molar-refractivity contribution is 0.642. The highest BCUT2D eigenvalue weighted by Crippen LogP contribution is 2.30. The van der Waals surface area contributed by atoms with Crippen LogP contribution in [0.1, 0.15) is 19.4 Å². The lowest BCUT2D eigenvalue weighted by atomic mass is 9.78. The Kier molecular flexibility index (Phi) is 3.68.